The molecule has 5 N–H and O–H groups in total. The van der Waals surface area contributed by atoms with Gasteiger partial charge >= 0.3 is 12.0 Å². The third-order valence-electron chi connectivity index (χ3n) is 10.6. The van der Waals surface area contributed by atoms with Crippen LogP contribution in [0.2, 0.25) is 0 Å². The van der Waals surface area contributed by atoms with E-state index in [1.807, 2.05) is 13.8 Å². The van der Waals surface area contributed by atoms with Gasteiger partial charge in [0, 0.05) is 44.7 Å². The highest BCUT2D eigenvalue weighted by molar-refractivity contribution is 5.98. The Balaban J connectivity index is 1.51. The number of cyclic esters (lactones) is 1. The number of fused-ring (bicyclic) bond motifs is 2. The van der Waals surface area contributed by atoms with Gasteiger partial charge < -0.3 is 45.8 Å². The van der Waals surface area contributed by atoms with E-state index in [0.29, 0.717) is 11.8 Å². The summed E-state index contributed by atoms with van der Waals surface area (Å²) in [6, 6.07) is 0.436. The number of urea groups is 1. The maximum absolute atomic E-state index is 14.5. The number of carbonyl (C=O) groups is 7. The third-order valence-corrected chi connectivity index (χ3v) is 10.6. The number of aryl methyl sites for hydroxylation is 1. The zero-order valence-corrected chi connectivity index (χ0v) is 32.6. The lowest BCUT2D eigenvalue weighted by Crippen LogP contribution is -2.62. The van der Waals surface area contributed by atoms with E-state index in [1.54, 1.807) is 24.3 Å². The summed E-state index contributed by atoms with van der Waals surface area (Å²) in [6.07, 6.45) is -3.14. The number of rotatable bonds is 6. The highest BCUT2D eigenvalue weighted by Gasteiger charge is 2.47. The van der Waals surface area contributed by atoms with Gasteiger partial charge in [-0.3, -0.25) is 24.0 Å². The number of ether oxygens (including phenoxy) is 1. The average Bonchev–Trinajstić information content (AvgIpc) is 3.74. The van der Waals surface area contributed by atoms with Crippen LogP contribution in [-0.4, -0.2) is 130 Å². The van der Waals surface area contributed by atoms with Gasteiger partial charge in [0.05, 0.1) is 6.10 Å². The molecule has 9 atom stereocenters. The predicted molar refractivity (Wildman–Crippen MR) is 200 cm³/mol. The molecule has 18 heteroatoms. The summed E-state index contributed by atoms with van der Waals surface area (Å²) in [5.74, 6) is -6.88. The Morgan fingerprint density at radius 3 is 2.18 bits per heavy atom. The minimum Gasteiger partial charge on any atom is -0.458 e. The van der Waals surface area contributed by atoms with Gasteiger partial charge in [-0.05, 0) is 69.9 Å². The molecule has 308 valence electrons. The van der Waals surface area contributed by atoms with Crippen LogP contribution in [0.4, 0.5) is 19.3 Å². The number of aliphatic hydroxyl groups excluding tert-OH is 1. The van der Waals surface area contributed by atoms with Crippen molar-refractivity contribution in [3.8, 4) is 0 Å². The fourth-order valence-corrected chi connectivity index (χ4v) is 7.33. The van der Waals surface area contributed by atoms with Crippen molar-refractivity contribution < 1.29 is 52.2 Å². The van der Waals surface area contributed by atoms with Crippen LogP contribution in [0.1, 0.15) is 51.7 Å². The standard InChI is InChI=1S/C39H49F2N7O9/c1-19-7-9-27(10-8-19)43-39(56)44-29(14-24-12-25(40)15-26(41)13-24)34(51)45-32-23(5)57-38(55)31-11-20(2)17-47(31)35(52)21(3)42-33(50)22(4)46(6)36(53)30-16-28(49)18-48(30)37(32)54/h7-10,12-13,15,20-23,28-32,49H,11,14,16-18H2,1-6H3,(H,42,50)(H,45,51)(H2,43,44,56)/t20-,21-,22-,23-,28+,29-,30-,31?,32-/m0/s1. The van der Waals surface area contributed by atoms with E-state index in [-0.39, 0.29) is 37.4 Å². The molecule has 0 radical (unpaired) electrons. The molecule has 5 rings (SSSR count). The molecule has 2 aromatic carbocycles. The molecular weight excluding hydrogens is 748 g/mol. The zero-order valence-electron chi connectivity index (χ0n) is 32.6. The highest BCUT2D eigenvalue weighted by Crippen LogP contribution is 2.27. The number of anilines is 1. The molecule has 3 fully saturated rings. The molecule has 0 bridgehead atoms. The van der Waals surface area contributed by atoms with E-state index < -0.39 is 108 Å². The molecule has 0 saturated carbocycles. The van der Waals surface area contributed by atoms with E-state index >= 15 is 0 Å². The number of amides is 7. The molecule has 7 amide bonds. The first-order valence-electron chi connectivity index (χ1n) is 18.8. The Labute approximate surface area is 328 Å². The van der Waals surface area contributed by atoms with Gasteiger partial charge in [0.1, 0.15) is 54.0 Å². The van der Waals surface area contributed by atoms with Crippen molar-refractivity contribution >= 4 is 47.2 Å². The van der Waals surface area contributed by atoms with Crippen molar-refractivity contribution in [2.24, 2.45) is 5.92 Å². The first-order chi connectivity index (χ1) is 26.8. The quantitative estimate of drug-likeness (QED) is 0.264. The number of halogens is 2. The van der Waals surface area contributed by atoms with Crippen molar-refractivity contribution in [3.05, 3.63) is 65.2 Å². The summed E-state index contributed by atoms with van der Waals surface area (Å²) in [7, 11) is 1.34. The number of nitrogens with one attached hydrogen (secondary N) is 4. The Hall–Kier alpha value is -5.65. The summed E-state index contributed by atoms with van der Waals surface area (Å²) in [5.41, 5.74) is 1.26. The average molecular weight is 798 g/mol. The Kier molecular flexibility index (Phi) is 13.2. The summed E-state index contributed by atoms with van der Waals surface area (Å²) < 4.78 is 34.4. The maximum atomic E-state index is 14.5. The topological polar surface area (TPSA) is 207 Å². The summed E-state index contributed by atoms with van der Waals surface area (Å²) >= 11 is 0. The summed E-state index contributed by atoms with van der Waals surface area (Å²) in [5, 5.41) is 20.9. The van der Waals surface area contributed by atoms with Crippen LogP contribution in [0.5, 0.6) is 0 Å². The van der Waals surface area contributed by atoms with Crippen molar-refractivity contribution in [1.82, 2.24) is 30.7 Å². The van der Waals surface area contributed by atoms with Gasteiger partial charge in [-0.15, -0.1) is 0 Å². The van der Waals surface area contributed by atoms with Crippen LogP contribution in [0.15, 0.2) is 42.5 Å². The van der Waals surface area contributed by atoms with Crippen LogP contribution in [-0.2, 0) is 39.9 Å². The van der Waals surface area contributed by atoms with Crippen LogP contribution in [0, 0.1) is 24.5 Å². The smallest absolute Gasteiger partial charge is 0.329 e. The van der Waals surface area contributed by atoms with E-state index in [0.717, 1.165) is 27.5 Å². The lowest BCUT2D eigenvalue weighted by molar-refractivity contribution is -0.162. The van der Waals surface area contributed by atoms with Crippen molar-refractivity contribution in [2.75, 3.05) is 25.5 Å². The first-order valence-corrected chi connectivity index (χ1v) is 18.8. The highest BCUT2D eigenvalue weighted by atomic mass is 19.1. The second-order valence-corrected chi connectivity index (χ2v) is 15.2. The number of likely N-dealkylation sites (N-methyl/N-ethyl adjacent to an activating group) is 1. The summed E-state index contributed by atoms with van der Waals surface area (Å²) in [4.78, 5) is 100. The van der Waals surface area contributed by atoms with Gasteiger partial charge in [0.25, 0.3) is 0 Å². The third kappa shape index (κ3) is 10.0. The van der Waals surface area contributed by atoms with Gasteiger partial charge in [0.15, 0.2) is 0 Å². The lowest BCUT2D eigenvalue weighted by Gasteiger charge is -2.36. The molecule has 57 heavy (non-hydrogen) atoms. The zero-order chi connectivity index (χ0) is 41.9. The van der Waals surface area contributed by atoms with Gasteiger partial charge in [0.2, 0.25) is 29.5 Å². The number of hydrogen-bond acceptors (Lipinski definition) is 9. The normalized spacial score (nSPS) is 27.9. The van der Waals surface area contributed by atoms with Crippen molar-refractivity contribution in [1.29, 1.82) is 0 Å². The fourth-order valence-electron chi connectivity index (χ4n) is 7.33. The van der Waals surface area contributed by atoms with Crippen LogP contribution < -0.4 is 21.3 Å². The van der Waals surface area contributed by atoms with E-state index in [1.165, 1.54) is 32.7 Å². The molecule has 3 aliphatic heterocycles. The second kappa shape index (κ2) is 17.7. The Morgan fingerprint density at radius 2 is 1.53 bits per heavy atom. The molecule has 1 unspecified atom stereocenters. The number of hydrogen-bond donors (Lipinski definition) is 5. The molecule has 0 spiro atoms. The van der Waals surface area contributed by atoms with Crippen LogP contribution in [0.25, 0.3) is 0 Å². The molecule has 16 nitrogen and oxygen atoms in total. The predicted octanol–water partition coefficient (Wildman–Crippen LogP) is 0.987. The number of nitrogens with zero attached hydrogens (tertiary/aromatic N) is 3. The van der Waals surface area contributed by atoms with Gasteiger partial charge in [-0.1, -0.05) is 24.6 Å². The van der Waals surface area contributed by atoms with Crippen LogP contribution in [0.3, 0.4) is 0 Å². The molecular formula is C39H49F2N7O9. The minimum atomic E-state index is -1.75. The van der Waals surface area contributed by atoms with Crippen LogP contribution >= 0.6 is 0 Å². The molecule has 3 aliphatic rings. The maximum Gasteiger partial charge on any atom is 0.329 e. The monoisotopic (exact) mass is 797 g/mol. The van der Waals surface area contributed by atoms with Gasteiger partial charge in [-0.25, -0.2) is 18.4 Å². The molecule has 0 aromatic heterocycles. The van der Waals surface area contributed by atoms with Crippen molar-refractivity contribution in [2.45, 2.75) is 102 Å². The molecule has 0 aliphatic carbocycles. The number of aliphatic hydroxyl groups is 1. The summed E-state index contributed by atoms with van der Waals surface area (Å²) in [6.45, 7) is 7.67. The first kappa shape index (κ1) is 42.5. The molecule has 2 aromatic rings. The number of esters is 1. The molecule has 3 saturated heterocycles. The SMILES string of the molecule is Cc1ccc(NC(=O)N[C@@H](Cc2cc(F)cc(F)c2)C(=O)N[C@@H]2C(=O)N3C[C@H](O)C[C@H]3C(=O)N(C)[C@@H](C)C(=O)N[C@@H](C)C(=O)N3C[C@@H](C)CC3C(=O)O[C@H]2C)cc1. The minimum absolute atomic E-state index is 0.0176. The Morgan fingerprint density at radius 1 is 0.895 bits per heavy atom. The Bertz CT molecular complexity index is 1880. The fraction of sp³-hybridized carbons (Fsp3) is 0.513. The number of carbonyl (C=O) groups excluding carboxylic acids is 7. The second-order valence-electron chi connectivity index (χ2n) is 15.2. The van der Waals surface area contributed by atoms with E-state index in [9.17, 15) is 47.4 Å². The van der Waals surface area contributed by atoms with Gasteiger partial charge in [-0.2, -0.15) is 0 Å². The lowest BCUT2D eigenvalue weighted by atomic mass is 10.0. The number of benzene rings is 2. The van der Waals surface area contributed by atoms with Crippen molar-refractivity contribution in [3.63, 3.8) is 0 Å². The molecule has 3 heterocycles. The van der Waals surface area contributed by atoms with E-state index in [2.05, 4.69) is 21.3 Å². The largest absolute Gasteiger partial charge is 0.458 e. The van der Waals surface area contributed by atoms with E-state index in [4.69, 9.17) is 4.74 Å².